The highest BCUT2D eigenvalue weighted by molar-refractivity contribution is 5.54. The Balaban J connectivity index is 1.60. The number of aliphatic hydroxyl groups excluding tert-OH is 1. The number of hydrogen-bond donors (Lipinski definition) is 1. The van der Waals surface area contributed by atoms with Crippen molar-refractivity contribution in [2.75, 3.05) is 39.6 Å². The zero-order chi connectivity index (χ0) is 30.8. The van der Waals surface area contributed by atoms with Gasteiger partial charge in [-0.3, -0.25) is 10.1 Å². The molecule has 2 fully saturated rings. The quantitative estimate of drug-likeness (QED) is 0.198. The number of rotatable bonds is 5. The molecular formula is C28H34F3N5O7. The fraction of sp³-hybridized carbons (Fsp3) is 0.571. The number of hydrogen-bond acceptors (Lipinski definition) is 9. The Hall–Kier alpha value is -3.37. The first-order valence-electron chi connectivity index (χ1n) is 14.0. The minimum absolute atomic E-state index is 0.130. The van der Waals surface area contributed by atoms with E-state index in [-0.39, 0.29) is 37.4 Å². The fourth-order valence-corrected chi connectivity index (χ4v) is 5.03. The van der Waals surface area contributed by atoms with Gasteiger partial charge in [0.05, 0.1) is 67.6 Å². The molecule has 0 spiro atoms. The number of aliphatic hydroxyl groups is 1. The SMILES string of the molecule is [N-]=[N+]1C2CCOCCOCCC1CC(Cc1ccccc1/N=N/c1ccc([N+](=O)[O-])cc1C(F)(F)F)OCC(O)OCC2. The molecule has 2 aliphatic heterocycles. The van der Waals surface area contributed by atoms with Crippen molar-refractivity contribution in [2.24, 2.45) is 10.2 Å². The van der Waals surface area contributed by atoms with Crippen LogP contribution in [-0.4, -0.2) is 78.8 Å². The summed E-state index contributed by atoms with van der Waals surface area (Å²) in [7, 11) is 0. The highest BCUT2D eigenvalue weighted by Gasteiger charge is 2.36. The molecule has 2 heterocycles. The van der Waals surface area contributed by atoms with Gasteiger partial charge < -0.3 is 34.3 Å². The second kappa shape index (κ2) is 15.4. The lowest BCUT2D eigenvalue weighted by Crippen LogP contribution is -2.38. The molecule has 2 bridgehead atoms. The van der Waals surface area contributed by atoms with Crippen LogP contribution in [0, 0.1) is 10.1 Å². The van der Waals surface area contributed by atoms with Gasteiger partial charge in [-0.1, -0.05) is 18.2 Å². The molecule has 2 aromatic carbocycles. The van der Waals surface area contributed by atoms with Gasteiger partial charge >= 0.3 is 6.18 Å². The Morgan fingerprint density at radius 2 is 1.63 bits per heavy atom. The van der Waals surface area contributed by atoms with Crippen molar-refractivity contribution < 1.29 is 46.8 Å². The molecule has 0 amide bonds. The molecule has 1 N–H and O–H groups in total. The Bertz CT molecular complexity index is 1280. The summed E-state index contributed by atoms with van der Waals surface area (Å²) in [5, 5.41) is 29.2. The zero-order valence-corrected chi connectivity index (χ0v) is 23.4. The van der Waals surface area contributed by atoms with Crippen molar-refractivity contribution in [1.82, 2.24) is 0 Å². The zero-order valence-electron chi connectivity index (χ0n) is 23.4. The van der Waals surface area contributed by atoms with Crippen LogP contribution in [0.3, 0.4) is 0 Å². The molecule has 4 unspecified atom stereocenters. The number of benzene rings is 2. The molecule has 12 nitrogen and oxygen atoms in total. The van der Waals surface area contributed by atoms with Gasteiger partial charge in [-0.05, 0) is 17.7 Å². The van der Waals surface area contributed by atoms with Crippen LogP contribution < -0.4 is 0 Å². The number of ether oxygens (including phenoxy) is 4. The van der Waals surface area contributed by atoms with E-state index in [1.54, 1.807) is 24.3 Å². The molecule has 2 aliphatic rings. The van der Waals surface area contributed by atoms with Gasteiger partial charge in [0.25, 0.3) is 5.69 Å². The van der Waals surface area contributed by atoms with E-state index in [1.165, 1.54) is 4.70 Å². The predicted octanol–water partition coefficient (Wildman–Crippen LogP) is 5.68. The summed E-state index contributed by atoms with van der Waals surface area (Å²) in [6, 6.07) is 8.30. The first-order valence-corrected chi connectivity index (χ1v) is 14.0. The second-order valence-electron chi connectivity index (χ2n) is 10.3. The first kappa shape index (κ1) is 32.5. The number of halogens is 3. The van der Waals surface area contributed by atoms with Crippen LogP contribution in [-0.2, 0) is 31.5 Å². The number of nitro groups is 1. The Labute approximate surface area is 246 Å². The van der Waals surface area contributed by atoms with Gasteiger partial charge in [0.1, 0.15) is 12.1 Å². The molecule has 2 saturated heterocycles. The molecular weight excluding hydrogens is 575 g/mol. The lowest BCUT2D eigenvalue weighted by molar-refractivity contribution is -0.625. The summed E-state index contributed by atoms with van der Waals surface area (Å²) in [4.78, 5) is 10.1. The molecule has 0 saturated carbocycles. The summed E-state index contributed by atoms with van der Waals surface area (Å²) < 4.78 is 65.0. The summed E-state index contributed by atoms with van der Waals surface area (Å²) >= 11 is 0. The fourth-order valence-electron chi connectivity index (χ4n) is 5.03. The number of alkyl halides is 3. The number of fused-ring (bicyclic) bond motifs is 2. The van der Waals surface area contributed by atoms with Gasteiger partial charge in [0, 0.05) is 44.2 Å². The van der Waals surface area contributed by atoms with E-state index in [0.29, 0.717) is 63.7 Å². The number of azo groups is 1. The summed E-state index contributed by atoms with van der Waals surface area (Å²) in [6.45, 7) is 1.75. The highest BCUT2D eigenvalue weighted by Crippen LogP contribution is 2.39. The highest BCUT2D eigenvalue weighted by atomic mass is 19.4. The summed E-state index contributed by atoms with van der Waals surface area (Å²) in [6.07, 6.45) is -4.55. The minimum Gasteiger partial charge on any atom is -0.506 e. The molecule has 0 aliphatic carbocycles. The van der Waals surface area contributed by atoms with E-state index < -0.39 is 40.4 Å². The molecule has 4 atom stereocenters. The van der Waals surface area contributed by atoms with Crippen molar-refractivity contribution in [3.63, 3.8) is 0 Å². The maximum atomic E-state index is 13.6. The van der Waals surface area contributed by atoms with E-state index in [0.717, 1.165) is 12.1 Å². The molecule has 234 valence electrons. The maximum Gasteiger partial charge on any atom is 0.418 e. The number of non-ortho nitro benzene ring substituents is 1. The number of nitrogens with zero attached hydrogens (tertiary/aromatic N) is 5. The third kappa shape index (κ3) is 9.56. The van der Waals surface area contributed by atoms with Crippen molar-refractivity contribution in [1.29, 1.82) is 0 Å². The molecule has 0 aromatic heterocycles. The van der Waals surface area contributed by atoms with E-state index in [4.69, 9.17) is 18.9 Å². The monoisotopic (exact) mass is 609 g/mol. The topological polar surface area (TPSA) is 150 Å². The maximum absolute atomic E-state index is 13.6. The van der Waals surface area contributed by atoms with E-state index in [1.807, 2.05) is 0 Å². The van der Waals surface area contributed by atoms with E-state index in [9.17, 15) is 33.9 Å². The average Bonchev–Trinajstić information content (AvgIpc) is 3.02. The van der Waals surface area contributed by atoms with Gasteiger partial charge in [-0.25, -0.2) is 0 Å². The summed E-state index contributed by atoms with van der Waals surface area (Å²) in [5.41, 5.74) is 9.57. The third-order valence-electron chi connectivity index (χ3n) is 7.28. The van der Waals surface area contributed by atoms with Crippen LogP contribution >= 0.6 is 0 Å². The predicted molar refractivity (Wildman–Crippen MR) is 145 cm³/mol. The largest absolute Gasteiger partial charge is 0.506 e. The number of nitro benzene ring substituents is 1. The Morgan fingerprint density at radius 1 is 0.953 bits per heavy atom. The smallest absolute Gasteiger partial charge is 0.418 e. The van der Waals surface area contributed by atoms with Crippen LogP contribution in [0.15, 0.2) is 52.7 Å². The van der Waals surface area contributed by atoms with Gasteiger partial charge in [-0.2, -0.15) is 18.3 Å². The van der Waals surface area contributed by atoms with Gasteiger partial charge in [0.2, 0.25) is 0 Å². The van der Waals surface area contributed by atoms with E-state index in [2.05, 4.69) is 10.2 Å². The van der Waals surface area contributed by atoms with Crippen LogP contribution in [0.2, 0.25) is 0 Å². The van der Waals surface area contributed by atoms with Crippen molar-refractivity contribution in [2.45, 2.75) is 62.8 Å². The molecule has 0 radical (unpaired) electrons. The third-order valence-corrected chi connectivity index (χ3v) is 7.28. The van der Waals surface area contributed by atoms with Crippen LogP contribution in [0.25, 0.3) is 5.53 Å². The van der Waals surface area contributed by atoms with Crippen LogP contribution in [0.1, 0.15) is 36.8 Å². The molecule has 2 aromatic rings. The average molecular weight is 610 g/mol. The molecule has 43 heavy (non-hydrogen) atoms. The lowest BCUT2D eigenvalue weighted by atomic mass is 9.97. The second-order valence-corrected chi connectivity index (χ2v) is 10.3. The normalized spacial score (nSPS) is 25.1. The van der Waals surface area contributed by atoms with E-state index >= 15 is 0 Å². The van der Waals surface area contributed by atoms with Crippen molar-refractivity contribution in [3.05, 3.63) is 69.2 Å². The standard InChI is InChI=1S/C28H34F3N5O7/c29-28(30,31)24-17-22(36(38)39)5-6-26(24)34-33-25-4-2-1-3-19(25)15-23-16-21-8-11-41-14-13-40-10-7-20(35(21)32)9-12-42-27(37)18-43-23/h1-6,17,20-21,23,27,37H,7-16,18H2/b34-33+. The lowest BCUT2D eigenvalue weighted by Gasteiger charge is -2.28. The van der Waals surface area contributed by atoms with Crippen LogP contribution in [0.4, 0.5) is 30.2 Å². The van der Waals surface area contributed by atoms with Crippen molar-refractivity contribution in [3.8, 4) is 0 Å². The van der Waals surface area contributed by atoms with Crippen LogP contribution in [0.5, 0.6) is 0 Å². The first-order chi connectivity index (χ1) is 20.6. The Kier molecular flexibility index (Phi) is 11.6. The molecule has 4 rings (SSSR count). The van der Waals surface area contributed by atoms with Crippen molar-refractivity contribution >= 4 is 17.1 Å². The Morgan fingerprint density at radius 3 is 2.35 bits per heavy atom. The minimum atomic E-state index is -4.89. The van der Waals surface area contributed by atoms with Gasteiger partial charge in [-0.15, -0.1) is 5.11 Å². The van der Waals surface area contributed by atoms with Gasteiger partial charge in [0.15, 0.2) is 6.29 Å². The molecule has 15 heteroatoms. The summed E-state index contributed by atoms with van der Waals surface area (Å²) in [5.74, 6) is 0.